The number of carbonyl (C=O) groups is 3. The lowest BCUT2D eigenvalue weighted by molar-refractivity contribution is -0.142. The molecule has 9 nitrogen and oxygen atoms in total. The average molecular weight is 619 g/mol. The van der Waals surface area contributed by atoms with E-state index in [4.69, 9.17) is 0 Å². The molecule has 6 rings (SSSR count). The van der Waals surface area contributed by atoms with E-state index in [-0.39, 0.29) is 41.2 Å². The van der Waals surface area contributed by atoms with Gasteiger partial charge in [-0.1, -0.05) is 69.3 Å². The van der Waals surface area contributed by atoms with Gasteiger partial charge in [0, 0.05) is 17.8 Å². The summed E-state index contributed by atoms with van der Waals surface area (Å²) < 4.78 is 29.3. The molecule has 0 unspecified atom stereocenters. The first-order valence-corrected chi connectivity index (χ1v) is 16.6. The Labute approximate surface area is 254 Å². The number of hydrogen-bond donors (Lipinski definition) is 2. The van der Waals surface area contributed by atoms with Gasteiger partial charge >= 0.3 is 0 Å². The fourth-order valence-corrected chi connectivity index (χ4v) is 8.00. The third-order valence-corrected chi connectivity index (χ3v) is 10.8. The molecule has 0 spiro atoms. The zero-order valence-corrected chi connectivity index (χ0v) is 25.9. The Morgan fingerprint density at radius 2 is 1.53 bits per heavy atom. The van der Waals surface area contributed by atoms with Crippen LogP contribution >= 0.6 is 11.3 Å². The summed E-state index contributed by atoms with van der Waals surface area (Å²) >= 11 is 1.39. The summed E-state index contributed by atoms with van der Waals surface area (Å²) in [4.78, 5) is 44.3. The maximum Gasteiger partial charge on any atom is 0.262 e. The zero-order valence-electron chi connectivity index (χ0n) is 24.2. The number of piperazine rings is 1. The first kappa shape index (κ1) is 29.3. The van der Waals surface area contributed by atoms with Crippen molar-refractivity contribution in [1.82, 2.24) is 19.8 Å². The van der Waals surface area contributed by atoms with Gasteiger partial charge in [0.25, 0.3) is 5.91 Å². The van der Waals surface area contributed by atoms with E-state index in [1.54, 1.807) is 21.9 Å². The Kier molecular flexibility index (Phi) is 7.52. The Hall–Kier alpha value is -3.80. The van der Waals surface area contributed by atoms with Gasteiger partial charge in [0.2, 0.25) is 21.8 Å². The number of fused-ring (bicyclic) bond motifs is 4. The minimum atomic E-state index is -3.89. The SMILES string of the molecule is CC(C)(C)[C@H](NC(=O)c1cc2ccccc2s1)C(=O)N1C[C@@H]2C[C@H]1CN2C(=O)CNS(=O)(=O)c1ccc2ccccc2c1. The van der Waals surface area contributed by atoms with Gasteiger partial charge in [-0.25, -0.2) is 13.1 Å². The van der Waals surface area contributed by atoms with Crippen molar-refractivity contribution in [2.75, 3.05) is 19.6 Å². The molecule has 2 saturated heterocycles. The maximum absolute atomic E-state index is 13.8. The number of thiophene rings is 1. The van der Waals surface area contributed by atoms with Crippen LogP contribution in [0, 0.1) is 5.41 Å². The van der Waals surface area contributed by atoms with Crippen LogP contribution < -0.4 is 10.0 Å². The van der Waals surface area contributed by atoms with Gasteiger partial charge in [-0.3, -0.25) is 14.4 Å². The molecule has 2 aliphatic rings. The molecular weight excluding hydrogens is 585 g/mol. The van der Waals surface area contributed by atoms with Crippen molar-refractivity contribution in [3.05, 3.63) is 77.7 Å². The van der Waals surface area contributed by atoms with E-state index in [0.717, 1.165) is 20.9 Å². The Balaban J connectivity index is 1.08. The number of carbonyl (C=O) groups excluding carboxylic acids is 3. The third kappa shape index (κ3) is 5.76. The van der Waals surface area contributed by atoms with Crippen LogP contribution in [0.5, 0.6) is 0 Å². The number of nitrogens with zero attached hydrogens (tertiary/aromatic N) is 2. The van der Waals surface area contributed by atoms with Crippen LogP contribution in [0.2, 0.25) is 0 Å². The fraction of sp³-hybridized carbons (Fsp3) is 0.344. The summed E-state index contributed by atoms with van der Waals surface area (Å²) in [6.45, 7) is 6.08. The van der Waals surface area contributed by atoms with Crippen molar-refractivity contribution in [3.8, 4) is 0 Å². The highest BCUT2D eigenvalue weighted by molar-refractivity contribution is 7.89. The lowest BCUT2D eigenvalue weighted by Gasteiger charge is -2.39. The van der Waals surface area contributed by atoms with Crippen molar-refractivity contribution in [1.29, 1.82) is 0 Å². The quantitative estimate of drug-likeness (QED) is 0.325. The molecule has 0 radical (unpaired) electrons. The zero-order chi connectivity index (χ0) is 30.5. The molecule has 2 bridgehead atoms. The normalized spacial score (nSPS) is 19.2. The van der Waals surface area contributed by atoms with Crippen molar-refractivity contribution < 1.29 is 22.8 Å². The second-order valence-corrected chi connectivity index (χ2v) is 15.2. The molecule has 3 atom stereocenters. The number of rotatable bonds is 7. The van der Waals surface area contributed by atoms with Crippen LogP contribution in [-0.2, 0) is 19.6 Å². The molecule has 1 aromatic heterocycles. The summed E-state index contributed by atoms with van der Waals surface area (Å²) in [5.41, 5.74) is -0.540. The van der Waals surface area contributed by atoms with E-state index >= 15 is 0 Å². The number of nitrogens with one attached hydrogen (secondary N) is 2. The number of hydrogen-bond acceptors (Lipinski definition) is 6. The lowest BCUT2D eigenvalue weighted by Crippen LogP contribution is -2.59. The van der Waals surface area contributed by atoms with Crippen LogP contribution in [0.4, 0.5) is 0 Å². The molecule has 2 aliphatic heterocycles. The minimum Gasteiger partial charge on any atom is -0.339 e. The average Bonchev–Trinajstić information content (AvgIpc) is 3.72. The van der Waals surface area contributed by atoms with E-state index in [9.17, 15) is 22.8 Å². The van der Waals surface area contributed by atoms with E-state index in [1.165, 1.54) is 17.4 Å². The van der Waals surface area contributed by atoms with Gasteiger partial charge in [-0.05, 0) is 52.3 Å². The van der Waals surface area contributed by atoms with E-state index in [1.807, 2.05) is 75.4 Å². The molecule has 2 fully saturated rings. The molecule has 0 aliphatic carbocycles. The maximum atomic E-state index is 13.8. The molecule has 224 valence electrons. The van der Waals surface area contributed by atoms with Crippen molar-refractivity contribution >= 4 is 59.9 Å². The summed E-state index contributed by atoms with van der Waals surface area (Å²) in [5.74, 6) is -0.776. The number of sulfonamides is 1. The Bertz CT molecular complexity index is 1810. The van der Waals surface area contributed by atoms with Crippen LogP contribution in [0.3, 0.4) is 0 Å². The predicted octanol–water partition coefficient (Wildman–Crippen LogP) is 3.99. The van der Waals surface area contributed by atoms with Gasteiger partial charge < -0.3 is 15.1 Å². The van der Waals surface area contributed by atoms with Gasteiger partial charge in [0.1, 0.15) is 6.04 Å². The number of benzene rings is 3. The van der Waals surface area contributed by atoms with Crippen molar-refractivity contribution in [2.45, 2.75) is 50.2 Å². The smallest absolute Gasteiger partial charge is 0.262 e. The number of amides is 3. The first-order valence-electron chi connectivity index (χ1n) is 14.3. The predicted molar refractivity (Wildman–Crippen MR) is 167 cm³/mol. The molecule has 3 amide bonds. The van der Waals surface area contributed by atoms with Crippen LogP contribution in [-0.4, -0.2) is 73.7 Å². The Morgan fingerprint density at radius 1 is 0.884 bits per heavy atom. The summed E-state index contributed by atoms with van der Waals surface area (Å²) in [6, 6.07) is 20.8. The molecular formula is C32H34N4O5S2. The van der Waals surface area contributed by atoms with Crippen molar-refractivity contribution in [3.63, 3.8) is 0 Å². The largest absolute Gasteiger partial charge is 0.339 e. The highest BCUT2D eigenvalue weighted by atomic mass is 32.2. The highest BCUT2D eigenvalue weighted by Crippen LogP contribution is 2.34. The lowest BCUT2D eigenvalue weighted by atomic mass is 9.85. The summed E-state index contributed by atoms with van der Waals surface area (Å²) in [5, 5.41) is 5.70. The number of likely N-dealkylation sites (tertiary alicyclic amines) is 2. The first-order chi connectivity index (χ1) is 20.4. The monoisotopic (exact) mass is 618 g/mol. The summed E-state index contributed by atoms with van der Waals surface area (Å²) in [7, 11) is -3.89. The highest BCUT2D eigenvalue weighted by Gasteiger charge is 2.49. The summed E-state index contributed by atoms with van der Waals surface area (Å²) in [6.07, 6.45) is 0.621. The molecule has 3 aromatic carbocycles. The van der Waals surface area contributed by atoms with Gasteiger partial charge in [0.15, 0.2) is 0 Å². The van der Waals surface area contributed by atoms with Gasteiger partial charge in [-0.2, -0.15) is 0 Å². The molecule has 3 heterocycles. The second-order valence-electron chi connectivity index (χ2n) is 12.3. The molecule has 0 saturated carbocycles. The molecule has 11 heteroatoms. The Morgan fingerprint density at radius 3 is 2.21 bits per heavy atom. The van der Waals surface area contributed by atoms with E-state index in [2.05, 4.69) is 10.0 Å². The second kappa shape index (κ2) is 11.0. The van der Waals surface area contributed by atoms with Crippen LogP contribution in [0.1, 0.15) is 36.9 Å². The van der Waals surface area contributed by atoms with Crippen LogP contribution in [0.25, 0.3) is 20.9 Å². The third-order valence-electron chi connectivity index (χ3n) is 8.33. The molecule has 4 aromatic rings. The molecule has 43 heavy (non-hydrogen) atoms. The van der Waals surface area contributed by atoms with E-state index in [0.29, 0.717) is 24.4 Å². The van der Waals surface area contributed by atoms with Gasteiger partial charge in [-0.15, -0.1) is 11.3 Å². The standard InChI is InChI=1S/C32H34N4O5S2/c1-32(2,3)29(34-30(38)27-15-22-10-6-7-11-26(22)42-27)31(39)36-19-23-16-24(36)18-35(23)28(37)17-33-43(40,41)25-13-12-20-8-4-5-9-21(20)14-25/h4-15,23-24,29,33H,16-19H2,1-3H3,(H,34,38)/t23-,24-,29+/m0/s1. The van der Waals surface area contributed by atoms with Crippen LogP contribution in [0.15, 0.2) is 77.7 Å². The topological polar surface area (TPSA) is 116 Å². The molecule has 2 N–H and O–H groups in total. The minimum absolute atomic E-state index is 0.102. The van der Waals surface area contributed by atoms with E-state index < -0.39 is 21.5 Å². The van der Waals surface area contributed by atoms with Gasteiger partial charge in [0.05, 0.1) is 28.4 Å². The fourth-order valence-electron chi connectivity index (χ4n) is 6.03. The van der Waals surface area contributed by atoms with Crippen molar-refractivity contribution in [2.24, 2.45) is 5.41 Å².